The summed E-state index contributed by atoms with van der Waals surface area (Å²) in [4.78, 5) is 21.2. The molecule has 0 unspecified atom stereocenters. The van der Waals surface area contributed by atoms with Crippen LogP contribution in [0.4, 0.5) is 0 Å². The Bertz CT molecular complexity index is 952. The summed E-state index contributed by atoms with van der Waals surface area (Å²) >= 11 is 6.47. The summed E-state index contributed by atoms with van der Waals surface area (Å²) < 4.78 is 5.30. The lowest BCUT2D eigenvalue weighted by Gasteiger charge is -2.24. The third-order valence-electron chi connectivity index (χ3n) is 4.48. The number of benzene rings is 1. The Morgan fingerprint density at radius 1 is 1.19 bits per heavy atom. The molecule has 2 aromatic heterocycles. The average molecular weight is 386 g/mol. The highest BCUT2D eigenvalue weighted by Gasteiger charge is 2.20. The van der Waals surface area contributed by atoms with Crippen molar-refractivity contribution in [2.75, 3.05) is 27.2 Å². The lowest BCUT2D eigenvalue weighted by atomic mass is 10.1. The van der Waals surface area contributed by atoms with Crippen molar-refractivity contribution in [3.63, 3.8) is 0 Å². The van der Waals surface area contributed by atoms with Gasteiger partial charge in [-0.3, -0.25) is 4.79 Å². The molecule has 1 aromatic carbocycles. The Hall–Kier alpha value is -2.37. The minimum absolute atomic E-state index is 0.154. The van der Waals surface area contributed by atoms with E-state index in [2.05, 4.69) is 24.0 Å². The Morgan fingerprint density at radius 3 is 2.63 bits per heavy atom. The minimum Gasteiger partial charge on any atom is -0.459 e. The van der Waals surface area contributed by atoms with E-state index in [1.807, 2.05) is 32.0 Å². The third-order valence-corrected chi connectivity index (χ3v) is 4.80. The monoisotopic (exact) mass is 385 g/mol. The number of fused-ring (bicyclic) bond motifs is 1. The summed E-state index contributed by atoms with van der Waals surface area (Å²) in [5, 5.41) is 1.46. The van der Waals surface area contributed by atoms with Crippen LogP contribution in [0.1, 0.15) is 27.2 Å². The van der Waals surface area contributed by atoms with Crippen LogP contribution < -0.4 is 0 Å². The lowest BCUT2D eigenvalue weighted by Crippen LogP contribution is -2.36. The van der Waals surface area contributed by atoms with Crippen LogP contribution in [0.25, 0.3) is 10.9 Å². The number of likely N-dealkylation sites (N-methyl/N-ethyl adjacent to an activating group) is 1. The van der Waals surface area contributed by atoms with Crippen molar-refractivity contribution < 1.29 is 9.21 Å². The quantitative estimate of drug-likeness (QED) is 0.593. The van der Waals surface area contributed by atoms with Gasteiger partial charge in [0.2, 0.25) is 0 Å². The van der Waals surface area contributed by atoms with E-state index < -0.39 is 0 Å². The number of furan rings is 1. The summed E-state index contributed by atoms with van der Waals surface area (Å²) in [5.41, 5.74) is 3.99. The molecule has 0 atom stereocenters. The summed E-state index contributed by atoms with van der Waals surface area (Å²) in [6, 6.07) is 9.61. The van der Waals surface area contributed by atoms with Gasteiger partial charge in [-0.2, -0.15) is 0 Å². The van der Waals surface area contributed by atoms with E-state index in [1.54, 1.807) is 17.0 Å². The molecular weight excluding hydrogens is 362 g/mol. The Labute approximate surface area is 164 Å². The van der Waals surface area contributed by atoms with E-state index in [9.17, 15) is 4.79 Å². The zero-order valence-corrected chi connectivity index (χ0v) is 16.9. The van der Waals surface area contributed by atoms with E-state index in [4.69, 9.17) is 16.0 Å². The van der Waals surface area contributed by atoms with Crippen molar-refractivity contribution in [1.29, 1.82) is 0 Å². The molecular formula is C21H24ClN3O2. The minimum atomic E-state index is -0.154. The number of pyridine rings is 1. The maximum absolute atomic E-state index is 12.9. The van der Waals surface area contributed by atoms with Crippen LogP contribution in [0.5, 0.6) is 0 Å². The summed E-state index contributed by atoms with van der Waals surface area (Å²) in [6.07, 6.45) is 1.51. The first-order valence-electron chi connectivity index (χ1n) is 8.89. The van der Waals surface area contributed by atoms with E-state index in [0.29, 0.717) is 24.0 Å². The first-order valence-corrected chi connectivity index (χ1v) is 9.27. The normalized spacial score (nSPS) is 11.3. The number of hydrogen-bond donors (Lipinski definition) is 0. The molecule has 0 aliphatic heterocycles. The van der Waals surface area contributed by atoms with E-state index in [-0.39, 0.29) is 5.91 Å². The van der Waals surface area contributed by atoms with Crippen molar-refractivity contribution in [2.24, 2.45) is 0 Å². The van der Waals surface area contributed by atoms with Gasteiger partial charge in [0.25, 0.3) is 5.91 Å². The van der Waals surface area contributed by atoms with Crippen molar-refractivity contribution >= 4 is 28.4 Å². The fourth-order valence-corrected chi connectivity index (χ4v) is 3.32. The number of hydrogen-bond acceptors (Lipinski definition) is 4. The van der Waals surface area contributed by atoms with Crippen molar-refractivity contribution in [3.05, 3.63) is 64.2 Å². The highest BCUT2D eigenvalue weighted by Crippen LogP contribution is 2.25. The molecule has 6 heteroatoms. The summed E-state index contributed by atoms with van der Waals surface area (Å²) in [6.45, 7) is 5.77. The molecule has 0 bridgehead atoms. The molecule has 0 aliphatic rings. The number of amides is 1. The SMILES string of the molecule is Cc1cc(C)c2nc(Cl)c(CN(CCN(C)C)C(=O)c3ccco3)cc2c1. The largest absolute Gasteiger partial charge is 0.459 e. The molecule has 3 aromatic rings. The van der Waals surface area contributed by atoms with Crippen LogP contribution in [0.3, 0.4) is 0 Å². The van der Waals surface area contributed by atoms with E-state index in [1.165, 1.54) is 11.8 Å². The molecule has 27 heavy (non-hydrogen) atoms. The van der Waals surface area contributed by atoms with Crippen molar-refractivity contribution in [3.8, 4) is 0 Å². The standard InChI is InChI=1S/C21H24ClN3O2/c1-14-10-15(2)19-16(11-14)12-17(20(22)23-19)13-25(8-7-24(3)4)21(26)18-6-5-9-27-18/h5-6,9-12H,7-8,13H2,1-4H3. The number of halogens is 1. The second-order valence-corrected chi connectivity index (χ2v) is 7.46. The van der Waals surface area contributed by atoms with Gasteiger partial charge < -0.3 is 14.2 Å². The Kier molecular flexibility index (Phi) is 5.82. The molecule has 2 heterocycles. The first-order chi connectivity index (χ1) is 12.8. The van der Waals surface area contributed by atoms with Crippen molar-refractivity contribution in [2.45, 2.75) is 20.4 Å². The number of nitrogens with zero attached hydrogens (tertiary/aromatic N) is 3. The number of carbonyl (C=O) groups excluding carboxylic acids is 1. The van der Waals surface area contributed by atoms with Crippen LogP contribution >= 0.6 is 11.6 Å². The first kappa shape index (κ1) is 19.4. The predicted octanol–water partition coefficient (Wildman–Crippen LogP) is 4.30. The van der Waals surface area contributed by atoms with Crippen LogP contribution in [0.15, 0.2) is 41.0 Å². The Morgan fingerprint density at radius 2 is 1.96 bits per heavy atom. The molecule has 0 fully saturated rings. The molecule has 5 nitrogen and oxygen atoms in total. The molecule has 0 saturated carbocycles. The zero-order valence-electron chi connectivity index (χ0n) is 16.1. The number of aryl methyl sites for hydroxylation is 2. The van der Waals surface area contributed by atoms with Gasteiger partial charge in [-0.25, -0.2) is 4.98 Å². The average Bonchev–Trinajstić information content (AvgIpc) is 3.13. The van der Waals surface area contributed by atoms with E-state index >= 15 is 0 Å². The van der Waals surface area contributed by atoms with Gasteiger partial charge in [-0.1, -0.05) is 23.2 Å². The topological polar surface area (TPSA) is 49.6 Å². The molecule has 0 spiro atoms. The molecule has 0 aliphatic carbocycles. The van der Waals surface area contributed by atoms with Gasteiger partial charge in [-0.15, -0.1) is 0 Å². The second kappa shape index (κ2) is 8.11. The highest BCUT2D eigenvalue weighted by molar-refractivity contribution is 6.30. The number of rotatable bonds is 6. The Balaban J connectivity index is 1.94. The van der Waals surface area contributed by atoms with Gasteiger partial charge in [0.1, 0.15) is 5.15 Å². The predicted molar refractivity (Wildman–Crippen MR) is 108 cm³/mol. The van der Waals surface area contributed by atoms with Crippen LogP contribution in [-0.2, 0) is 6.54 Å². The van der Waals surface area contributed by atoms with Gasteiger partial charge in [-0.05, 0) is 57.8 Å². The van der Waals surface area contributed by atoms with Gasteiger partial charge in [0.15, 0.2) is 5.76 Å². The summed E-state index contributed by atoms with van der Waals surface area (Å²) in [5.74, 6) is 0.170. The fraction of sp³-hybridized carbons (Fsp3) is 0.333. The van der Waals surface area contributed by atoms with Gasteiger partial charge >= 0.3 is 0 Å². The van der Waals surface area contributed by atoms with Crippen LogP contribution in [-0.4, -0.2) is 47.9 Å². The summed E-state index contributed by atoms with van der Waals surface area (Å²) in [7, 11) is 3.96. The van der Waals surface area contributed by atoms with Crippen LogP contribution in [0.2, 0.25) is 5.15 Å². The van der Waals surface area contributed by atoms with Crippen molar-refractivity contribution in [1.82, 2.24) is 14.8 Å². The fourth-order valence-electron chi connectivity index (χ4n) is 3.12. The second-order valence-electron chi connectivity index (χ2n) is 7.10. The molecule has 0 saturated heterocycles. The molecule has 3 rings (SSSR count). The molecule has 0 N–H and O–H groups in total. The van der Waals surface area contributed by atoms with Crippen LogP contribution in [0, 0.1) is 13.8 Å². The van der Waals surface area contributed by atoms with E-state index in [0.717, 1.165) is 28.6 Å². The molecule has 0 radical (unpaired) electrons. The number of aromatic nitrogens is 1. The maximum atomic E-state index is 12.9. The highest BCUT2D eigenvalue weighted by atomic mass is 35.5. The lowest BCUT2D eigenvalue weighted by molar-refractivity contribution is 0.0700. The smallest absolute Gasteiger partial charge is 0.289 e. The maximum Gasteiger partial charge on any atom is 0.289 e. The van der Waals surface area contributed by atoms with Gasteiger partial charge in [0, 0.05) is 30.6 Å². The van der Waals surface area contributed by atoms with Gasteiger partial charge in [0.05, 0.1) is 11.8 Å². The number of carbonyl (C=O) groups is 1. The molecule has 142 valence electrons. The zero-order chi connectivity index (χ0) is 19.6. The molecule has 1 amide bonds. The third kappa shape index (κ3) is 4.49.